The molecule has 0 radical (unpaired) electrons. The molecule has 2 atom stereocenters. The third-order valence-electron chi connectivity index (χ3n) is 3.23. The molecule has 1 heteroatoms. The van der Waals surface area contributed by atoms with Gasteiger partial charge in [-0.1, -0.05) is 18.6 Å². The van der Waals surface area contributed by atoms with Crippen molar-refractivity contribution in [2.45, 2.75) is 38.5 Å². The number of fused-ring (bicyclic) bond motifs is 1. The van der Waals surface area contributed by atoms with Gasteiger partial charge in [0, 0.05) is 12.3 Å². The molecular formula is C11H16O. The van der Waals surface area contributed by atoms with Crippen LogP contribution in [0.25, 0.3) is 0 Å². The highest BCUT2D eigenvalue weighted by molar-refractivity contribution is 5.81. The van der Waals surface area contributed by atoms with Crippen molar-refractivity contribution < 1.29 is 4.79 Å². The standard InChI is InChI=1S/C11H16O/c12-11-8-4-2-6-9-5-1-3-7-10(9)11/h1,3,9-10H,2,4-8H2/t9-,10-/m1/s1. The number of rotatable bonds is 0. The average Bonchev–Trinajstić information content (AvgIpc) is 2.29. The van der Waals surface area contributed by atoms with Crippen molar-refractivity contribution in [1.82, 2.24) is 0 Å². The lowest BCUT2D eigenvalue weighted by atomic mass is 9.79. The predicted molar refractivity (Wildman–Crippen MR) is 48.8 cm³/mol. The maximum Gasteiger partial charge on any atom is 0.136 e. The first kappa shape index (κ1) is 8.03. The van der Waals surface area contributed by atoms with Crippen LogP contribution in [0.3, 0.4) is 0 Å². The molecule has 0 aromatic rings. The molecule has 0 N–H and O–H groups in total. The lowest BCUT2D eigenvalue weighted by molar-refractivity contribution is -0.124. The van der Waals surface area contributed by atoms with E-state index in [2.05, 4.69) is 12.2 Å². The van der Waals surface area contributed by atoms with Crippen molar-refractivity contribution >= 4 is 5.78 Å². The van der Waals surface area contributed by atoms with Crippen molar-refractivity contribution in [2.75, 3.05) is 0 Å². The fraction of sp³-hybridized carbons (Fsp3) is 0.727. The van der Waals surface area contributed by atoms with Crippen LogP contribution in [0.15, 0.2) is 12.2 Å². The highest BCUT2D eigenvalue weighted by Gasteiger charge is 2.29. The third-order valence-corrected chi connectivity index (χ3v) is 3.23. The van der Waals surface area contributed by atoms with E-state index in [1.165, 1.54) is 12.8 Å². The molecule has 0 spiro atoms. The largest absolute Gasteiger partial charge is 0.299 e. The summed E-state index contributed by atoms with van der Waals surface area (Å²) in [6, 6.07) is 0. The monoisotopic (exact) mass is 164 g/mol. The predicted octanol–water partition coefficient (Wildman–Crippen LogP) is 2.71. The average molecular weight is 164 g/mol. The smallest absolute Gasteiger partial charge is 0.136 e. The fourth-order valence-electron chi connectivity index (χ4n) is 2.48. The van der Waals surface area contributed by atoms with E-state index in [0.29, 0.717) is 17.6 Å². The van der Waals surface area contributed by atoms with Crippen LogP contribution in [0.5, 0.6) is 0 Å². The fourth-order valence-corrected chi connectivity index (χ4v) is 2.48. The van der Waals surface area contributed by atoms with Gasteiger partial charge in [0.1, 0.15) is 5.78 Å². The number of Topliss-reactive ketones (excluding diaryl/α,β-unsaturated/α-hetero) is 1. The van der Waals surface area contributed by atoms with E-state index in [1.807, 2.05) is 0 Å². The molecule has 0 aliphatic heterocycles. The summed E-state index contributed by atoms with van der Waals surface area (Å²) in [6.07, 6.45) is 11.1. The molecule has 1 saturated carbocycles. The van der Waals surface area contributed by atoms with Gasteiger partial charge in [-0.15, -0.1) is 0 Å². The molecule has 2 rings (SSSR count). The number of allylic oxidation sites excluding steroid dienone is 2. The summed E-state index contributed by atoms with van der Waals surface area (Å²) in [4.78, 5) is 11.6. The maximum atomic E-state index is 11.6. The van der Waals surface area contributed by atoms with Crippen molar-refractivity contribution in [2.24, 2.45) is 11.8 Å². The molecule has 1 nitrogen and oxygen atoms in total. The van der Waals surface area contributed by atoms with E-state index in [1.54, 1.807) is 0 Å². The molecule has 66 valence electrons. The van der Waals surface area contributed by atoms with E-state index in [0.717, 1.165) is 25.7 Å². The Morgan fingerprint density at radius 2 is 2.00 bits per heavy atom. The van der Waals surface area contributed by atoms with Gasteiger partial charge in [-0.05, 0) is 31.6 Å². The van der Waals surface area contributed by atoms with Crippen LogP contribution < -0.4 is 0 Å². The molecule has 0 aromatic heterocycles. The number of hydrogen-bond acceptors (Lipinski definition) is 1. The minimum Gasteiger partial charge on any atom is -0.299 e. The van der Waals surface area contributed by atoms with Gasteiger partial charge in [-0.2, -0.15) is 0 Å². The van der Waals surface area contributed by atoms with Crippen LogP contribution in [0.2, 0.25) is 0 Å². The van der Waals surface area contributed by atoms with Gasteiger partial charge in [0.2, 0.25) is 0 Å². The van der Waals surface area contributed by atoms with Crippen molar-refractivity contribution in [3.05, 3.63) is 12.2 Å². The maximum absolute atomic E-state index is 11.6. The minimum absolute atomic E-state index is 0.387. The topological polar surface area (TPSA) is 17.1 Å². The van der Waals surface area contributed by atoms with Gasteiger partial charge in [0.25, 0.3) is 0 Å². The summed E-state index contributed by atoms with van der Waals surface area (Å²) < 4.78 is 0. The van der Waals surface area contributed by atoms with E-state index in [-0.39, 0.29) is 0 Å². The van der Waals surface area contributed by atoms with Crippen LogP contribution in [-0.2, 0) is 4.79 Å². The Bertz CT molecular complexity index is 205. The Hall–Kier alpha value is -0.590. The first-order chi connectivity index (χ1) is 5.88. The molecule has 0 aromatic carbocycles. The third kappa shape index (κ3) is 1.45. The van der Waals surface area contributed by atoms with Crippen LogP contribution >= 0.6 is 0 Å². The summed E-state index contributed by atoms with van der Waals surface area (Å²) >= 11 is 0. The van der Waals surface area contributed by atoms with Crippen molar-refractivity contribution in [3.8, 4) is 0 Å². The summed E-state index contributed by atoms with van der Waals surface area (Å²) in [5.74, 6) is 1.60. The number of carbonyl (C=O) groups is 1. The van der Waals surface area contributed by atoms with Crippen molar-refractivity contribution in [1.29, 1.82) is 0 Å². The molecule has 0 unspecified atom stereocenters. The molecule has 0 amide bonds. The van der Waals surface area contributed by atoms with E-state index < -0.39 is 0 Å². The van der Waals surface area contributed by atoms with Crippen LogP contribution in [0, 0.1) is 11.8 Å². The first-order valence-corrected chi connectivity index (χ1v) is 5.05. The quantitative estimate of drug-likeness (QED) is 0.503. The summed E-state index contributed by atoms with van der Waals surface area (Å²) in [5, 5.41) is 0. The van der Waals surface area contributed by atoms with Gasteiger partial charge in [0.05, 0.1) is 0 Å². The van der Waals surface area contributed by atoms with Gasteiger partial charge >= 0.3 is 0 Å². The molecule has 0 bridgehead atoms. The van der Waals surface area contributed by atoms with Gasteiger partial charge in [-0.3, -0.25) is 4.79 Å². The Balaban J connectivity index is 2.13. The Labute approximate surface area is 73.8 Å². The SMILES string of the molecule is O=C1CCCC[C@H]2CC=CC[C@@H]12. The minimum atomic E-state index is 0.387. The lowest BCUT2D eigenvalue weighted by Gasteiger charge is -2.24. The zero-order valence-electron chi connectivity index (χ0n) is 7.46. The van der Waals surface area contributed by atoms with Gasteiger partial charge in [0.15, 0.2) is 0 Å². The second kappa shape index (κ2) is 3.42. The molecule has 2 aliphatic carbocycles. The van der Waals surface area contributed by atoms with Gasteiger partial charge < -0.3 is 0 Å². The number of hydrogen-bond donors (Lipinski definition) is 0. The Morgan fingerprint density at radius 3 is 2.92 bits per heavy atom. The molecule has 0 heterocycles. The van der Waals surface area contributed by atoms with E-state index in [9.17, 15) is 4.79 Å². The second-order valence-corrected chi connectivity index (χ2v) is 4.02. The molecule has 1 fully saturated rings. The Kier molecular flexibility index (Phi) is 2.29. The van der Waals surface area contributed by atoms with Crippen molar-refractivity contribution in [3.63, 3.8) is 0 Å². The summed E-state index contributed by atoms with van der Waals surface area (Å²) in [7, 11) is 0. The molecule has 2 aliphatic rings. The highest BCUT2D eigenvalue weighted by Crippen LogP contribution is 2.34. The first-order valence-electron chi connectivity index (χ1n) is 5.05. The van der Waals surface area contributed by atoms with Crippen LogP contribution in [0.1, 0.15) is 38.5 Å². The number of ketones is 1. The molecule has 12 heavy (non-hydrogen) atoms. The summed E-state index contributed by atoms with van der Waals surface area (Å²) in [5.41, 5.74) is 0. The van der Waals surface area contributed by atoms with E-state index in [4.69, 9.17) is 0 Å². The van der Waals surface area contributed by atoms with Gasteiger partial charge in [-0.25, -0.2) is 0 Å². The summed E-state index contributed by atoms with van der Waals surface area (Å²) in [6.45, 7) is 0. The van der Waals surface area contributed by atoms with E-state index >= 15 is 0 Å². The van der Waals surface area contributed by atoms with Crippen LogP contribution in [-0.4, -0.2) is 5.78 Å². The lowest BCUT2D eigenvalue weighted by Crippen LogP contribution is -2.23. The highest BCUT2D eigenvalue weighted by atomic mass is 16.1. The second-order valence-electron chi connectivity index (χ2n) is 4.02. The molecule has 0 saturated heterocycles. The number of carbonyl (C=O) groups excluding carboxylic acids is 1. The molecular weight excluding hydrogens is 148 g/mol. The zero-order valence-corrected chi connectivity index (χ0v) is 7.46. The Morgan fingerprint density at radius 1 is 1.17 bits per heavy atom. The van der Waals surface area contributed by atoms with Crippen LogP contribution in [0.4, 0.5) is 0 Å². The normalized spacial score (nSPS) is 35.8. The zero-order chi connectivity index (χ0) is 8.39.